The Bertz CT molecular complexity index is 1300. The van der Waals surface area contributed by atoms with E-state index in [0.717, 1.165) is 37.1 Å². The maximum absolute atomic E-state index is 11.9. The molecule has 1 N–H and O–H groups in total. The lowest BCUT2D eigenvalue weighted by Crippen LogP contribution is -2.23. The molecule has 0 radical (unpaired) electrons. The van der Waals surface area contributed by atoms with Crippen molar-refractivity contribution in [2.24, 2.45) is 0 Å². The van der Waals surface area contributed by atoms with Crippen molar-refractivity contribution in [2.75, 3.05) is 6.54 Å². The molecule has 36 heavy (non-hydrogen) atoms. The first-order chi connectivity index (χ1) is 17.7. The number of carbonyl (C=O) groups is 1. The number of carbonyl (C=O) groups excluding carboxylic acids is 1. The first kappa shape index (κ1) is 24.5. The second-order valence-corrected chi connectivity index (χ2v) is 8.08. The molecule has 182 valence electrons. The van der Waals surface area contributed by atoms with E-state index < -0.39 is 0 Å². The van der Waals surface area contributed by atoms with Crippen LogP contribution in [0, 0.1) is 12.3 Å². The highest BCUT2D eigenvalue weighted by atomic mass is 16.5. The molecular formula is C28H27N5O3. The second-order valence-electron chi connectivity index (χ2n) is 8.08. The lowest BCUT2D eigenvalue weighted by atomic mass is 10.1. The van der Waals surface area contributed by atoms with Gasteiger partial charge in [0.05, 0.1) is 12.7 Å². The van der Waals surface area contributed by atoms with E-state index in [1.165, 1.54) is 5.56 Å². The molecule has 0 bridgehead atoms. The average molecular weight is 482 g/mol. The summed E-state index contributed by atoms with van der Waals surface area (Å²) in [4.78, 5) is 16.3. The molecule has 8 heteroatoms. The highest BCUT2D eigenvalue weighted by molar-refractivity contribution is 5.94. The van der Waals surface area contributed by atoms with E-state index in [0.29, 0.717) is 23.8 Å². The molecule has 0 aliphatic rings. The van der Waals surface area contributed by atoms with E-state index in [9.17, 15) is 4.79 Å². The quantitative estimate of drug-likeness (QED) is 0.238. The molecule has 0 fully saturated rings. The lowest BCUT2D eigenvalue weighted by Gasteiger charge is -2.06. The highest BCUT2D eigenvalue weighted by Crippen LogP contribution is 2.16. The van der Waals surface area contributed by atoms with Gasteiger partial charge in [-0.3, -0.25) is 9.48 Å². The van der Waals surface area contributed by atoms with Crippen molar-refractivity contribution in [1.82, 2.24) is 25.3 Å². The van der Waals surface area contributed by atoms with Crippen molar-refractivity contribution in [3.05, 3.63) is 95.5 Å². The normalized spacial score (nSPS) is 10.9. The Hall–Kier alpha value is -4.64. The number of nitrogens with one attached hydrogen (secondary N) is 1. The van der Waals surface area contributed by atoms with Crippen molar-refractivity contribution in [3.63, 3.8) is 0 Å². The van der Waals surface area contributed by atoms with Crippen LogP contribution in [-0.4, -0.2) is 32.4 Å². The monoisotopic (exact) mass is 481 g/mol. The topological polar surface area (TPSA) is 95.1 Å². The molecule has 4 rings (SSSR count). The van der Waals surface area contributed by atoms with Crippen LogP contribution in [0.2, 0.25) is 0 Å². The largest absolute Gasteiger partial charge is 0.487 e. The molecule has 0 saturated heterocycles. The van der Waals surface area contributed by atoms with Gasteiger partial charge in [0.25, 0.3) is 5.91 Å². The number of aryl methyl sites for hydroxylation is 2. The molecule has 2 heterocycles. The number of aromatic nitrogens is 4. The molecule has 1 amide bonds. The molecule has 0 spiro atoms. The summed E-state index contributed by atoms with van der Waals surface area (Å²) in [5, 5.41) is 10.4. The summed E-state index contributed by atoms with van der Waals surface area (Å²) in [6.07, 6.45) is 17.1. The second kappa shape index (κ2) is 12.7. The van der Waals surface area contributed by atoms with Crippen LogP contribution in [0.25, 0.3) is 12.2 Å². The molecule has 0 atom stereocenters. The minimum absolute atomic E-state index is 0.199. The first-order valence-electron chi connectivity index (χ1n) is 11.7. The number of benzene rings is 2. The number of hydrogen-bond acceptors (Lipinski definition) is 6. The Morgan fingerprint density at radius 2 is 1.94 bits per heavy atom. The summed E-state index contributed by atoms with van der Waals surface area (Å²) in [5.74, 6) is 3.44. The number of rotatable bonds is 12. The van der Waals surface area contributed by atoms with Crippen molar-refractivity contribution in [1.29, 1.82) is 0 Å². The molecule has 2 aromatic heterocycles. The number of oxazole rings is 1. The standard InChI is InChI=1S/C28H27N5O3/c1-2-16-29-28(34)24-11-6-23(7-12-24)10-15-27-31-25(21-36-27)20-35-26-13-8-22(9-14-26)5-3-4-18-33-19-17-30-32-33/h1,6-15,17,19,21H,3-5,16,18,20H2,(H,29,34)/b15-10+. The van der Waals surface area contributed by atoms with Gasteiger partial charge in [0.15, 0.2) is 0 Å². The van der Waals surface area contributed by atoms with Gasteiger partial charge in [-0.1, -0.05) is 35.4 Å². The van der Waals surface area contributed by atoms with E-state index in [1.807, 2.05) is 41.2 Å². The van der Waals surface area contributed by atoms with Gasteiger partial charge in [0.2, 0.25) is 5.89 Å². The number of hydrogen-bond donors (Lipinski definition) is 1. The van der Waals surface area contributed by atoms with Gasteiger partial charge in [0, 0.05) is 24.4 Å². The number of terminal acetylenes is 1. The minimum atomic E-state index is -0.199. The van der Waals surface area contributed by atoms with Gasteiger partial charge in [0.1, 0.15) is 24.3 Å². The first-order valence-corrected chi connectivity index (χ1v) is 11.7. The fourth-order valence-corrected chi connectivity index (χ4v) is 3.48. The predicted molar refractivity (Wildman–Crippen MR) is 137 cm³/mol. The van der Waals surface area contributed by atoms with Gasteiger partial charge in [-0.15, -0.1) is 11.5 Å². The number of unbranched alkanes of at least 4 members (excludes halogenated alkanes) is 1. The molecule has 0 aliphatic heterocycles. The fraction of sp³-hybridized carbons (Fsp3) is 0.214. The van der Waals surface area contributed by atoms with E-state index in [1.54, 1.807) is 30.7 Å². The number of nitrogens with zero attached hydrogens (tertiary/aromatic N) is 4. The van der Waals surface area contributed by atoms with Crippen LogP contribution in [0.15, 0.2) is 71.6 Å². The van der Waals surface area contributed by atoms with Gasteiger partial charge >= 0.3 is 0 Å². The Morgan fingerprint density at radius 1 is 1.11 bits per heavy atom. The Labute approximate surface area is 210 Å². The summed E-state index contributed by atoms with van der Waals surface area (Å²) in [6.45, 7) is 1.40. The number of amides is 1. The maximum Gasteiger partial charge on any atom is 0.252 e. The van der Waals surface area contributed by atoms with Crippen LogP contribution in [0.3, 0.4) is 0 Å². The van der Waals surface area contributed by atoms with E-state index in [4.69, 9.17) is 15.6 Å². The van der Waals surface area contributed by atoms with Gasteiger partial charge in [-0.05, 0) is 60.7 Å². The lowest BCUT2D eigenvalue weighted by molar-refractivity contribution is 0.0958. The zero-order chi connectivity index (χ0) is 25.0. The summed E-state index contributed by atoms with van der Waals surface area (Å²) < 4.78 is 13.2. The van der Waals surface area contributed by atoms with Crippen LogP contribution < -0.4 is 10.1 Å². The summed E-state index contributed by atoms with van der Waals surface area (Å²) in [5.41, 5.74) is 3.44. The van der Waals surface area contributed by atoms with Crippen molar-refractivity contribution in [3.8, 4) is 18.1 Å². The Morgan fingerprint density at radius 3 is 2.69 bits per heavy atom. The van der Waals surface area contributed by atoms with Crippen LogP contribution in [0.4, 0.5) is 0 Å². The van der Waals surface area contributed by atoms with Crippen molar-refractivity contribution < 1.29 is 13.9 Å². The molecule has 0 aliphatic carbocycles. The van der Waals surface area contributed by atoms with Crippen LogP contribution in [-0.2, 0) is 19.6 Å². The highest BCUT2D eigenvalue weighted by Gasteiger charge is 2.05. The summed E-state index contributed by atoms with van der Waals surface area (Å²) in [6, 6.07) is 15.3. The molecule has 0 saturated carbocycles. The SMILES string of the molecule is C#CCNC(=O)c1ccc(/C=C/c2nc(COc3ccc(CCCCn4ccnn4)cc3)co2)cc1. The third-order valence-electron chi connectivity index (χ3n) is 5.40. The molecule has 8 nitrogen and oxygen atoms in total. The Balaban J connectivity index is 1.20. The van der Waals surface area contributed by atoms with Crippen LogP contribution in [0.5, 0.6) is 5.75 Å². The smallest absolute Gasteiger partial charge is 0.252 e. The molecular weight excluding hydrogens is 454 g/mol. The van der Waals surface area contributed by atoms with Gasteiger partial charge < -0.3 is 14.5 Å². The fourth-order valence-electron chi connectivity index (χ4n) is 3.48. The predicted octanol–water partition coefficient (Wildman–Crippen LogP) is 4.40. The van der Waals surface area contributed by atoms with Gasteiger partial charge in [-0.25, -0.2) is 4.98 Å². The molecule has 4 aromatic rings. The molecule has 2 aromatic carbocycles. The zero-order valence-corrected chi connectivity index (χ0v) is 19.8. The summed E-state index contributed by atoms with van der Waals surface area (Å²) in [7, 11) is 0. The van der Waals surface area contributed by atoms with E-state index in [-0.39, 0.29) is 12.5 Å². The van der Waals surface area contributed by atoms with Crippen molar-refractivity contribution >= 4 is 18.1 Å². The number of ether oxygens (including phenoxy) is 1. The third-order valence-corrected chi connectivity index (χ3v) is 5.40. The molecule has 0 unspecified atom stereocenters. The maximum atomic E-state index is 11.9. The van der Waals surface area contributed by atoms with Gasteiger partial charge in [-0.2, -0.15) is 0 Å². The summed E-state index contributed by atoms with van der Waals surface area (Å²) >= 11 is 0. The zero-order valence-electron chi connectivity index (χ0n) is 19.8. The van der Waals surface area contributed by atoms with Crippen LogP contribution in [0.1, 0.15) is 45.9 Å². The minimum Gasteiger partial charge on any atom is -0.487 e. The Kier molecular flexibility index (Phi) is 8.65. The van der Waals surface area contributed by atoms with Crippen molar-refractivity contribution in [2.45, 2.75) is 32.4 Å². The third kappa shape index (κ3) is 7.43. The van der Waals surface area contributed by atoms with Crippen LogP contribution >= 0.6 is 0 Å². The average Bonchev–Trinajstić information content (AvgIpc) is 3.60. The van der Waals surface area contributed by atoms with E-state index >= 15 is 0 Å². The van der Waals surface area contributed by atoms with E-state index in [2.05, 4.69) is 38.7 Å².